The molecule has 0 spiro atoms. The van der Waals surface area contributed by atoms with Gasteiger partial charge in [-0.05, 0) is 22.6 Å². The highest BCUT2D eigenvalue weighted by atomic mass is 32.1. The minimum absolute atomic E-state index is 0.108. The maximum absolute atomic E-state index is 13.0. The second kappa shape index (κ2) is 8.75. The predicted octanol–water partition coefficient (Wildman–Crippen LogP) is 3.17. The number of hydrogen-bond acceptors (Lipinski definition) is 4. The Morgan fingerprint density at radius 2 is 1.57 bits per heavy atom. The Kier molecular flexibility index (Phi) is 5.72. The van der Waals surface area contributed by atoms with Crippen LogP contribution in [-0.4, -0.2) is 15.5 Å². The van der Waals surface area contributed by atoms with E-state index in [0.717, 1.165) is 20.6 Å². The lowest BCUT2D eigenvalue weighted by Crippen LogP contribution is -2.41. The lowest BCUT2D eigenvalue weighted by atomic mass is 9.98. The zero-order chi connectivity index (χ0) is 20.9. The third-order valence-corrected chi connectivity index (χ3v) is 5.60. The van der Waals surface area contributed by atoms with Crippen molar-refractivity contribution in [2.24, 2.45) is 0 Å². The monoisotopic (exact) mass is 417 g/mol. The van der Waals surface area contributed by atoms with Gasteiger partial charge in [0.05, 0.1) is 12.6 Å². The van der Waals surface area contributed by atoms with E-state index in [9.17, 15) is 14.4 Å². The molecule has 2 heterocycles. The summed E-state index contributed by atoms with van der Waals surface area (Å²) in [6.45, 7) is 0.119. The maximum Gasteiger partial charge on any atom is 0.328 e. The molecule has 0 fully saturated rings. The number of nitrogens with one attached hydrogen (secondary N) is 2. The van der Waals surface area contributed by atoms with Crippen LogP contribution in [0.1, 0.15) is 32.4 Å². The normalized spacial score (nSPS) is 10.8. The molecule has 2 aromatic carbocycles. The van der Waals surface area contributed by atoms with E-state index in [2.05, 4.69) is 10.3 Å². The van der Waals surface area contributed by atoms with E-state index in [1.165, 1.54) is 17.5 Å². The Bertz CT molecular complexity index is 1210. The van der Waals surface area contributed by atoms with Gasteiger partial charge in [-0.1, -0.05) is 66.7 Å². The zero-order valence-electron chi connectivity index (χ0n) is 15.9. The van der Waals surface area contributed by atoms with E-state index in [4.69, 9.17) is 0 Å². The smallest absolute Gasteiger partial charge is 0.328 e. The number of carbonyl (C=O) groups excluding carboxylic acids is 1. The highest BCUT2D eigenvalue weighted by Crippen LogP contribution is 2.22. The van der Waals surface area contributed by atoms with Crippen molar-refractivity contribution < 1.29 is 4.79 Å². The van der Waals surface area contributed by atoms with E-state index >= 15 is 0 Å². The molecular formula is C23H19N3O3S. The van der Waals surface area contributed by atoms with Gasteiger partial charge >= 0.3 is 5.69 Å². The molecule has 0 bridgehead atoms. The number of amides is 1. The second-order valence-electron chi connectivity index (χ2n) is 6.71. The van der Waals surface area contributed by atoms with Crippen molar-refractivity contribution in [1.82, 2.24) is 14.9 Å². The van der Waals surface area contributed by atoms with Crippen LogP contribution in [0, 0.1) is 0 Å². The molecule has 0 saturated carbocycles. The Labute approximate surface area is 176 Å². The van der Waals surface area contributed by atoms with Gasteiger partial charge in [0.2, 0.25) is 0 Å². The second-order valence-corrected chi connectivity index (χ2v) is 7.74. The summed E-state index contributed by atoms with van der Waals surface area (Å²) >= 11 is 1.44. The molecular weight excluding hydrogens is 398 g/mol. The molecule has 4 rings (SSSR count). The van der Waals surface area contributed by atoms with Crippen LogP contribution in [0.25, 0.3) is 0 Å². The molecule has 0 saturated heterocycles. The van der Waals surface area contributed by atoms with Crippen molar-refractivity contribution in [2.45, 2.75) is 12.6 Å². The summed E-state index contributed by atoms with van der Waals surface area (Å²) in [6, 6.07) is 22.3. The van der Waals surface area contributed by atoms with Gasteiger partial charge in [0.1, 0.15) is 5.56 Å². The van der Waals surface area contributed by atoms with Gasteiger partial charge in [-0.3, -0.25) is 14.2 Å². The topological polar surface area (TPSA) is 84.0 Å². The summed E-state index contributed by atoms with van der Waals surface area (Å²) in [4.78, 5) is 41.5. The minimum atomic E-state index is -0.621. The van der Waals surface area contributed by atoms with Crippen molar-refractivity contribution in [3.8, 4) is 0 Å². The van der Waals surface area contributed by atoms with Crippen LogP contribution in [0.4, 0.5) is 0 Å². The summed E-state index contributed by atoms with van der Waals surface area (Å²) in [7, 11) is 0. The molecule has 150 valence electrons. The van der Waals surface area contributed by atoms with Crippen LogP contribution < -0.4 is 16.6 Å². The number of benzene rings is 2. The number of hydrogen-bond donors (Lipinski definition) is 2. The van der Waals surface area contributed by atoms with Crippen molar-refractivity contribution in [1.29, 1.82) is 0 Å². The number of rotatable bonds is 6. The van der Waals surface area contributed by atoms with Gasteiger partial charge in [-0.25, -0.2) is 4.79 Å². The van der Waals surface area contributed by atoms with Gasteiger partial charge < -0.3 is 10.3 Å². The highest BCUT2D eigenvalue weighted by molar-refractivity contribution is 7.09. The number of H-pyrrole nitrogens is 1. The largest absolute Gasteiger partial charge is 0.341 e. The molecule has 1 amide bonds. The molecule has 2 N–H and O–H groups in total. The number of carbonyl (C=O) groups is 1. The summed E-state index contributed by atoms with van der Waals surface area (Å²) in [5.74, 6) is -0.547. The van der Waals surface area contributed by atoms with E-state index in [1.807, 2.05) is 78.2 Å². The van der Waals surface area contributed by atoms with Crippen LogP contribution in [-0.2, 0) is 6.54 Å². The first kappa shape index (κ1) is 19.6. The van der Waals surface area contributed by atoms with Crippen molar-refractivity contribution >= 4 is 17.2 Å². The summed E-state index contributed by atoms with van der Waals surface area (Å²) in [5, 5.41) is 4.81. The molecule has 0 aliphatic heterocycles. The van der Waals surface area contributed by atoms with Gasteiger partial charge in [-0.2, -0.15) is 0 Å². The number of thiophene rings is 1. The molecule has 6 nitrogen and oxygen atoms in total. The van der Waals surface area contributed by atoms with Crippen molar-refractivity contribution in [3.05, 3.63) is 127 Å². The maximum atomic E-state index is 13.0. The molecule has 4 aromatic rings. The van der Waals surface area contributed by atoms with Crippen LogP contribution in [0.2, 0.25) is 0 Å². The SMILES string of the molecule is O=C(NC(c1ccccc1)c1ccccc1)c1c[nH]c(=O)n(Cc2cccs2)c1=O. The van der Waals surface area contributed by atoms with Crippen LogP contribution in [0.15, 0.2) is 94.0 Å². The third kappa shape index (κ3) is 4.16. The van der Waals surface area contributed by atoms with Gasteiger partial charge in [0.25, 0.3) is 11.5 Å². The molecule has 0 aliphatic carbocycles. The molecule has 2 aromatic heterocycles. The summed E-state index contributed by atoms with van der Waals surface area (Å²) < 4.78 is 1.04. The standard InChI is InChI=1S/C23H19N3O3S/c27-21(19-14-24-23(29)26(22(19)28)15-18-12-7-13-30-18)25-20(16-8-3-1-4-9-16)17-10-5-2-6-11-17/h1-14,20H,15H2,(H,24,29)(H,25,27). The van der Waals surface area contributed by atoms with Crippen LogP contribution in [0.3, 0.4) is 0 Å². The molecule has 30 heavy (non-hydrogen) atoms. The fourth-order valence-electron chi connectivity index (χ4n) is 3.23. The zero-order valence-corrected chi connectivity index (χ0v) is 16.8. The Hall–Kier alpha value is -3.71. The van der Waals surface area contributed by atoms with E-state index in [0.29, 0.717) is 0 Å². The molecule has 0 radical (unpaired) electrons. The Morgan fingerprint density at radius 3 is 2.13 bits per heavy atom. The first-order valence-corrected chi connectivity index (χ1v) is 10.3. The highest BCUT2D eigenvalue weighted by Gasteiger charge is 2.21. The average Bonchev–Trinajstić information content (AvgIpc) is 3.29. The number of aromatic nitrogens is 2. The minimum Gasteiger partial charge on any atom is -0.341 e. The molecule has 7 heteroatoms. The first-order chi connectivity index (χ1) is 14.6. The first-order valence-electron chi connectivity index (χ1n) is 9.39. The van der Waals surface area contributed by atoms with Crippen molar-refractivity contribution in [3.63, 3.8) is 0 Å². The summed E-state index contributed by atoms with van der Waals surface area (Å²) in [5.41, 5.74) is 0.501. The van der Waals surface area contributed by atoms with E-state index in [-0.39, 0.29) is 12.1 Å². The van der Waals surface area contributed by atoms with Gasteiger partial charge in [-0.15, -0.1) is 11.3 Å². The molecule has 0 aliphatic rings. The average molecular weight is 417 g/mol. The molecule has 0 atom stereocenters. The predicted molar refractivity (Wildman–Crippen MR) is 117 cm³/mol. The third-order valence-electron chi connectivity index (χ3n) is 4.74. The molecule has 0 unspecified atom stereocenters. The number of aromatic amines is 1. The fourth-order valence-corrected chi connectivity index (χ4v) is 3.93. The fraction of sp³-hybridized carbons (Fsp3) is 0.0870. The van der Waals surface area contributed by atoms with Crippen LogP contribution in [0.5, 0.6) is 0 Å². The van der Waals surface area contributed by atoms with Gasteiger partial charge in [0.15, 0.2) is 0 Å². The Balaban J connectivity index is 1.68. The quantitative estimate of drug-likeness (QED) is 0.505. The van der Waals surface area contributed by atoms with Crippen molar-refractivity contribution in [2.75, 3.05) is 0 Å². The lowest BCUT2D eigenvalue weighted by molar-refractivity contribution is 0.0940. The summed E-state index contributed by atoms with van der Waals surface area (Å²) in [6.07, 6.45) is 1.18. The van der Waals surface area contributed by atoms with E-state index in [1.54, 1.807) is 0 Å². The lowest BCUT2D eigenvalue weighted by Gasteiger charge is -2.20. The van der Waals surface area contributed by atoms with E-state index < -0.39 is 23.2 Å². The van der Waals surface area contributed by atoms with Gasteiger partial charge in [0, 0.05) is 11.1 Å². The Morgan fingerprint density at radius 1 is 0.933 bits per heavy atom. The van der Waals surface area contributed by atoms with Crippen LogP contribution >= 0.6 is 11.3 Å². The number of nitrogens with zero attached hydrogens (tertiary/aromatic N) is 1.